The van der Waals surface area contributed by atoms with Gasteiger partial charge in [0.25, 0.3) is 5.91 Å². The summed E-state index contributed by atoms with van der Waals surface area (Å²) < 4.78 is 31.2. The first kappa shape index (κ1) is 22.8. The topological polar surface area (TPSA) is 96.5 Å². The molecule has 0 saturated carbocycles. The summed E-state index contributed by atoms with van der Waals surface area (Å²) in [6, 6.07) is 5.83. The number of halogens is 1. The van der Waals surface area contributed by atoms with Crippen molar-refractivity contribution in [2.45, 2.75) is 18.2 Å². The minimum Gasteiger partial charge on any atom is -0.383 e. The van der Waals surface area contributed by atoms with E-state index in [1.54, 1.807) is 0 Å². The van der Waals surface area contributed by atoms with E-state index < -0.39 is 10.0 Å². The van der Waals surface area contributed by atoms with Crippen molar-refractivity contribution >= 4 is 28.3 Å². The first-order valence-corrected chi connectivity index (χ1v) is 9.07. The Hall–Kier alpha value is -1.19. The van der Waals surface area contributed by atoms with E-state index >= 15 is 0 Å². The predicted octanol–water partition coefficient (Wildman–Crippen LogP) is 0.763. The maximum Gasteiger partial charge on any atom is 0.251 e. The van der Waals surface area contributed by atoms with Gasteiger partial charge in [-0.1, -0.05) is 6.92 Å². The van der Waals surface area contributed by atoms with Crippen LogP contribution in [0.3, 0.4) is 0 Å². The van der Waals surface area contributed by atoms with Crippen LogP contribution in [0.2, 0.25) is 0 Å². The molecule has 0 aliphatic rings. The van der Waals surface area contributed by atoms with Gasteiger partial charge in [-0.25, -0.2) is 13.1 Å². The number of ether oxygens (including phenoxy) is 1. The SMILES string of the molecule is CCCNCCNC(=O)c1ccc(S(=O)(=O)NCCOC)cc1.Cl. The molecular formula is C15H26ClN3O4S. The number of methoxy groups -OCH3 is 1. The van der Waals surface area contributed by atoms with Crippen LogP contribution in [0.25, 0.3) is 0 Å². The first-order chi connectivity index (χ1) is 11.0. The van der Waals surface area contributed by atoms with Gasteiger partial charge in [0.2, 0.25) is 10.0 Å². The molecule has 0 aromatic heterocycles. The van der Waals surface area contributed by atoms with Gasteiger partial charge in [-0.2, -0.15) is 0 Å². The number of hydrogen-bond donors (Lipinski definition) is 3. The van der Waals surface area contributed by atoms with Crippen LogP contribution < -0.4 is 15.4 Å². The fourth-order valence-corrected chi connectivity index (χ4v) is 2.83. The Kier molecular flexibility index (Phi) is 11.6. The highest BCUT2D eigenvalue weighted by molar-refractivity contribution is 7.89. The molecule has 0 heterocycles. The zero-order valence-electron chi connectivity index (χ0n) is 14.0. The molecule has 0 aliphatic heterocycles. The van der Waals surface area contributed by atoms with E-state index in [9.17, 15) is 13.2 Å². The Morgan fingerprint density at radius 1 is 1.08 bits per heavy atom. The summed E-state index contributed by atoms with van der Waals surface area (Å²) in [5.74, 6) is -0.223. The van der Waals surface area contributed by atoms with E-state index in [1.807, 2.05) is 0 Å². The number of hydrogen-bond acceptors (Lipinski definition) is 5. The standard InChI is InChI=1S/C15H25N3O4S.ClH/c1-3-8-16-9-10-17-15(19)13-4-6-14(7-5-13)23(20,21)18-11-12-22-2;/h4-7,16,18H,3,8-12H2,1-2H3,(H,17,19);1H. The molecule has 7 nitrogen and oxygen atoms in total. The Bertz CT molecular complexity index is 579. The van der Waals surface area contributed by atoms with Gasteiger partial charge in [0.05, 0.1) is 11.5 Å². The number of rotatable bonds is 11. The summed E-state index contributed by atoms with van der Waals surface area (Å²) >= 11 is 0. The molecule has 138 valence electrons. The lowest BCUT2D eigenvalue weighted by atomic mass is 10.2. The first-order valence-electron chi connectivity index (χ1n) is 7.59. The minimum atomic E-state index is -3.57. The van der Waals surface area contributed by atoms with E-state index in [2.05, 4.69) is 22.3 Å². The molecule has 0 unspecified atom stereocenters. The molecule has 0 fully saturated rings. The third-order valence-corrected chi connectivity index (χ3v) is 4.52. The normalized spacial score (nSPS) is 10.9. The third-order valence-electron chi connectivity index (χ3n) is 3.04. The summed E-state index contributed by atoms with van der Waals surface area (Å²) in [4.78, 5) is 12.0. The summed E-state index contributed by atoms with van der Waals surface area (Å²) in [6.45, 7) is 4.72. The smallest absolute Gasteiger partial charge is 0.251 e. The van der Waals surface area contributed by atoms with E-state index in [4.69, 9.17) is 4.74 Å². The maximum absolute atomic E-state index is 12.0. The number of sulfonamides is 1. The highest BCUT2D eigenvalue weighted by atomic mass is 35.5. The molecule has 3 N–H and O–H groups in total. The monoisotopic (exact) mass is 379 g/mol. The lowest BCUT2D eigenvalue weighted by Gasteiger charge is -2.08. The van der Waals surface area contributed by atoms with Crippen LogP contribution >= 0.6 is 12.4 Å². The fraction of sp³-hybridized carbons (Fsp3) is 0.533. The Morgan fingerprint density at radius 2 is 1.75 bits per heavy atom. The molecule has 9 heteroatoms. The Balaban J connectivity index is 0.00000529. The Labute approximate surface area is 150 Å². The molecule has 1 aromatic rings. The maximum atomic E-state index is 12.0. The molecule has 0 aliphatic carbocycles. The van der Waals surface area contributed by atoms with Gasteiger partial charge in [-0.15, -0.1) is 12.4 Å². The molecule has 1 amide bonds. The molecule has 0 radical (unpaired) electrons. The van der Waals surface area contributed by atoms with E-state index in [0.29, 0.717) is 25.3 Å². The molecule has 1 aromatic carbocycles. The lowest BCUT2D eigenvalue weighted by Crippen LogP contribution is -2.32. The van der Waals surface area contributed by atoms with E-state index in [1.165, 1.54) is 31.4 Å². The average molecular weight is 380 g/mol. The molecular weight excluding hydrogens is 354 g/mol. The second kappa shape index (κ2) is 12.2. The largest absolute Gasteiger partial charge is 0.383 e. The molecule has 0 bridgehead atoms. The van der Waals surface area contributed by atoms with Gasteiger partial charge in [-0.3, -0.25) is 4.79 Å². The van der Waals surface area contributed by atoms with Crippen LogP contribution in [0.1, 0.15) is 23.7 Å². The zero-order chi connectivity index (χ0) is 17.1. The summed E-state index contributed by atoms with van der Waals surface area (Å²) in [6.07, 6.45) is 1.04. The lowest BCUT2D eigenvalue weighted by molar-refractivity contribution is 0.0954. The van der Waals surface area contributed by atoms with Gasteiger partial charge in [0.15, 0.2) is 0 Å². The predicted molar refractivity (Wildman–Crippen MR) is 96.2 cm³/mol. The number of benzene rings is 1. The second-order valence-electron chi connectivity index (χ2n) is 4.92. The minimum absolute atomic E-state index is 0. The highest BCUT2D eigenvalue weighted by Crippen LogP contribution is 2.10. The molecule has 0 atom stereocenters. The van der Waals surface area contributed by atoms with Gasteiger partial charge in [-0.05, 0) is 37.2 Å². The number of carbonyl (C=O) groups excluding carboxylic acids is 1. The van der Waals surface area contributed by atoms with Gasteiger partial charge in [0, 0.05) is 32.3 Å². The van der Waals surface area contributed by atoms with Crippen molar-refractivity contribution in [1.29, 1.82) is 0 Å². The molecule has 24 heavy (non-hydrogen) atoms. The fourth-order valence-electron chi connectivity index (χ4n) is 1.82. The number of nitrogens with one attached hydrogen (secondary N) is 3. The van der Waals surface area contributed by atoms with Gasteiger partial charge < -0.3 is 15.4 Å². The van der Waals surface area contributed by atoms with Crippen LogP contribution in [0.15, 0.2) is 29.2 Å². The van der Waals surface area contributed by atoms with E-state index in [-0.39, 0.29) is 29.8 Å². The molecule has 0 spiro atoms. The summed E-state index contributed by atoms with van der Waals surface area (Å²) in [5, 5.41) is 5.96. The Morgan fingerprint density at radius 3 is 2.33 bits per heavy atom. The number of amides is 1. The third kappa shape index (κ3) is 8.07. The van der Waals surface area contributed by atoms with Crippen LogP contribution in [-0.4, -0.2) is 54.2 Å². The van der Waals surface area contributed by atoms with Crippen LogP contribution in [0.4, 0.5) is 0 Å². The van der Waals surface area contributed by atoms with Crippen LogP contribution in [0.5, 0.6) is 0 Å². The van der Waals surface area contributed by atoms with Crippen molar-refractivity contribution < 1.29 is 17.9 Å². The van der Waals surface area contributed by atoms with Crippen molar-refractivity contribution in [3.8, 4) is 0 Å². The number of carbonyl (C=O) groups is 1. The molecule has 1 rings (SSSR count). The van der Waals surface area contributed by atoms with Crippen molar-refractivity contribution in [2.75, 3.05) is 39.9 Å². The van der Waals surface area contributed by atoms with Crippen molar-refractivity contribution in [3.63, 3.8) is 0 Å². The average Bonchev–Trinajstić information content (AvgIpc) is 2.55. The quantitative estimate of drug-likeness (QED) is 0.493. The summed E-state index contributed by atoms with van der Waals surface area (Å²) in [5.41, 5.74) is 0.427. The molecule has 0 saturated heterocycles. The van der Waals surface area contributed by atoms with Crippen molar-refractivity contribution in [2.24, 2.45) is 0 Å². The van der Waals surface area contributed by atoms with Crippen molar-refractivity contribution in [3.05, 3.63) is 29.8 Å². The van der Waals surface area contributed by atoms with Gasteiger partial charge >= 0.3 is 0 Å². The zero-order valence-corrected chi connectivity index (χ0v) is 15.6. The van der Waals surface area contributed by atoms with Gasteiger partial charge in [0.1, 0.15) is 0 Å². The van der Waals surface area contributed by atoms with E-state index in [0.717, 1.165) is 13.0 Å². The summed E-state index contributed by atoms with van der Waals surface area (Å²) in [7, 11) is -2.07. The van der Waals surface area contributed by atoms with Crippen LogP contribution in [-0.2, 0) is 14.8 Å². The van der Waals surface area contributed by atoms with Crippen LogP contribution in [0, 0.1) is 0 Å². The second-order valence-corrected chi connectivity index (χ2v) is 6.69. The highest BCUT2D eigenvalue weighted by Gasteiger charge is 2.14. The van der Waals surface area contributed by atoms with Crippen molar-refractivity contribution in [1.82, 2.24) is 15.4 Å².